The minimum absolute atomic E-state index is 0.0459. The number of quaternary nitrogens is 1. The van der Waals surface area contributed by atoms with Gasteiger partial charge in [0.2, 0.25) is 12.2 Å². The Morgan fingerprint density at radius 2 is 2.35 bits per heavy atom. The standard InChI is InChI=1S/C10H15N5O5/c11-10-13-8-7(9(18)14-10)12-3-15(8,19)6-1-4(17)5(2-16)20-6/h4-6,12,16-17H,1-3H2,(H3,11,13,14,18)/t4-,5+,6+,15?/m0/s1. The summed E-state index contributed by atoms with van der Waals surface area (Å²) in [7, 11) is 0. The number of nitrogen functional groups attached to an aromatic ring is 1. The number of rotatable bonds is 2. The van der Waals surface area contributed by atoms with E-state index in [1.807, 2.05) is 0 Å². The minimum atomic E-state index is -1.06. The average Bonchev–Trinajstić information content (AvgIpc) is 2.92. The van der Waals surface area contributed by atoms with Crippen LogP contribution in [0.3, 0.4) is 0 Å². The number of hydrogen-bond donors (Lipinski definition) is 5. The van der Waals surface area contributed by atoms with Gasteiger partial charge in [0.15, 0.2) is 12.4 Å². The van der Waals surface area contributed by atoms with Gasteiger partial charge >= 0.3 is 0 Å². The van der Waals surface area contributed by atoms with Crippen molar-refractivity contribution in [2.24, 2.45) is 0 Å². The fourth-order valence-electron chi connectivity index (χ4n) is 2.56. The van der Waals surface area contributed by atoms with Gasteiger partial charge in [-0.2, -0.15) is 4.98 Å². The summed E-state index contributed by atoms with van der Waals surface area (Å²) in [4.78, 5) is 17.9. The highest BCUT2D eigenvalue weighted by Crippen LogP contribution is 2.39. The number of ether oxygens (including phenoxy) is 1. The Labute approximate surface area is 113 Å². The molecule has 1 saturated heterocycles. The predicted octanol–water partition coefficient (Wildman–Crippen LogP) is -1.99. The molecule has 4 atom stereocenters. The molecule has 1 fully saturated rings. The van der Waals surface area contributed by atoms with Crippen molar-refractivity contribution in [3.05, 3.63) is 15.6 Å². The molecule has 3 rings (SSSR count). The van der Waals surface area contributed by atoms with Gasteiger partial charge < -0.3 is 31.2 Å². The van der Waals surface area contributed by atoms with Crippen molar-refractivity contribution in [2.45, 2.75) is 24.9 Å². The lowest BCUT2D eigenvalue weighted by atomic mass is 10.2. The van der Waals surface area contributed by atoms with E-state index in [9.17, 15) is 15.1 Å². The first-order valence-corrected chi connectivity index (χ1v) is 6.13. The van der Waals surface area contributed by atoms with Crippen LogP contribution in [0.1, 0.15) is 6.42 Å². The highest BCUT2D eigenvalue weighted by atomic mass is 16.6. The molecule has 0 bridgehead atoms. The Morgan fingerprint density at radius 3 is 3.00 bits per heavy atom. The smallest absolute Gasteiger partial charge is 0.282 e. The fourth-order valence-corrected chi connectivity index (χ4v) is 2.56. The van der Waals surface area contributed by atoms with E-state index in [1.54, 1.807) is 0 Å². The second-order valence-corrected chi connectivity index (χ2v) is 4.90. The van der Waals surface area contributed by atoms with Gasteiger partial charge in [-0.25, -0.2) is 0 Å². The van der Waals surface area contributed by atoms with Gasteiger partial charge in [-0.1, -0.05) is 0 Å². The van der Waals surface area contributed by atoms with E-state index in [0.29, 0.717) is 0 Å². The summed E-state index contributed by atoms with van der Waals surface area (Å²) >= 11 is 0. The lowest BCUT2D eigenvalue weighted by molar-refractivity contribution is -0.0592. The van der Waals surface area contributed by atoms with E-state index < -0.39 is 28.6 Å². The summed E-state index contributed by atoms with van der Waals surface area (Å²) in [5.74, 6) is -0.227. The largest absolute Gasteiger partial charge is 0.623 e. The Bertz CT molecular complexity index is 592. The Kier molecular flexibility index (Phi) is 2.92. The van der Waals surface area contributed by atoms with E-state index in [1.165, 1.54) is 0 Å². The number of nitrogens with two attached hydrogens (primary N) is 1. The number of aliphatic hydroxyl groups is 2. The number of hydrogen-bond acceptors (Lipinski definition) is 8. The first-order valence-electron chi connectivity index (χ1n) is 6.13. The van der Waals surface area contributed by atoms with E-state index in [2.05, 4.69) is 15.3 Å². The normalized spacial score (nSPS) is 35.9. The maximum atomic E-state index is 12.9. The van der Waals surface area contributed by atoms with E-state index in [4.69, 9.17) is 15.6 Å². The minimum Gasteiger partial charge on any atom is -0.623 e. The van der Waals surface area contributed by atoms with Crippen molar-refractivity contribution in [1.82, 2.24) is 14.6 Å². The van der Waals surface area contributed by atoms with Gasteiger partial charge in [0.1, 0.15) is 6.10 Å². The Balaban J connectivity index is 1.99. The molecule has 1 aromatic rings. The number of aromatic nitrogens is 2. The second-order valence-electron chi connectivity index (χ2n) is 4.90. The van der Waals surface area contributed by atoms with Crippen LogP contribution in [0.4, 0.5) is 17.5 Å². The molecular weight excluding hydrogens is 270 g/mol. The molecule has 0 aliphatic carbocycles. The molecule has 110 valence electrons. The number of H-pyrrole nitrogens is 1. The zero-order valence-electron chi connectivity index (χ0n) is 10.4. The van der Waals surface area contributed by atoms with Gasteiger partial charge in [-0.05, 0) is 0 Å². The summed E-state index contributed by atoms with van der Waals surface area (Å²) in [6.07, 6.45) is -2.65. The van der Waals surface area contributed by atoms with Gasteiger partial charge in [0.25, 0.3) is 11.4 Å². The number of anilines is 2. The molecule has 10 heteroatoms. The number of aromatic amines is 1. The maximum Gasteiger partial charge on any atom is 0.282 e. The fraction of sp³-hybridized carbons (Fsp3) is 0.600. The summed E-state index contributed by atoms with van der Waals surface area (Å²) in [5.41, 5.74) is 4.99. The van der Waals surface area contributed by atoms with Crippen molar-refractivity contribution < 1.29 is 14.9 Å². The van der Waals surface area contributed by atoms with Gasteiger partial charge in [0, 0.05) is 0 Å². The van der Waals surface area contributed by atoms with Crippen LogP contribution >= 0.6 is 0 Å². The van der Waals surface area contributed by atoms with E-state index in [0.717, 1.165) is 0 Å². The second kappa shape index (κ2) is 4.40. The number of nitrogens with zero attached hydrogens (tertiary/aromatic N) is 2. The molecule has 2 aliphatic heterocycles. The summed E-state index contributed by atoms with van der Waals surface area (Å²) in [6, 6.07) is 0. The molecule has 10 nitrogen and oxygen atoms in total. The zero-order chi connectivity index (χ0) is 14.5. The lowest BCUT2D eigenvalue weighted by Gasteiger charge is -2.40. The molecule has 0 spiro atoms. The highest BCUT2D eigenvalue weighted by molar-refractivity contribution is 5.68. The third kappa shape index (κ3) is 1.77. The number of fused-ring (bicyclic) bond motifs is 1. The molecule has 0 amide bonds. The predicted molar refractivity (Wildman–Crippen MR) is 69.3 cm³/mol. The molecule has 20 heavy (non-hydrogen) atoms. The van der Waals surface area contributed by atoms with Crippen molar-refractivity contribution in [1.29, 1.82) is 0 Å². The summed E-state index contributed by atoms with van der Waals surface area (Å²) < 4.78 is 4.31. The summed E-state index contributed by atoms with van der Waals surface area (Å²) in [6.45, 7) is -0.534. The molecule has 6 N–H and O–H groups in total. The van der Waals surface area contributed by atoms with Crippen LogP contribution in [0.25, 0.3) is 0 Å². The summed E-state index contributed by atoms with van der Waals surface area (Å²) in [5, 5.41) is 34.4. The molecule has 0 radical (unpaired) electrons. The van der Waals surface area contributed by atoms with Crippen molar-refractivity contribution in [3.8, 4) is 0 Å². The molecule has 3 heterocycles. The van der Waals surface area contributed by atoms with Crippen LogP contribution in [0.2, 0.25) is 0 Å². The van der Waals surface area contributed by atoms with Crippen molar-refractivity contribution >= 4 is 17.5 Å². The average molecular weight is 285 g/mol. The molecule has 2 aliphatic rings. The highest BCUT2D eigenvalue weighted by Gasteiger charge is 2.48. The van der Waals surface area contributed by atoms with Crippen molar-refractivity contribution in [2.75, 3.05) is 24.3 Å². The quantitative estimate of drug-likeness (QED) is 0.309. The number of nitrogens with one attached hydrogen (secondary N) is 2. The van der Waals surface area contributed by atoms with Gasteiger partial charge in [0.05, 0.1) is 19.1 Å². The first kappa shape index (κ1) is 13.3. The SMILES string of the molecule is Nc1nc2c(c(=O)[nH]1)NC[N+]2([O-])[C@H]1C[C@H](O)[C@@H](CO)O1. The number of aliphatic hydroxyl groups excluding tert-OH is 2. The van der Waals surface area contributed by atoms with Crippen LogP contribution in [0.15, 0.2) is 4.79 Å². The van der Waals surface area contributed by atoms with E-state index >= 15 is 0 Å². The van der Waals surface area contributed by atoms with Gasteiger partial charge in [-0.15, -0.1) is 0 Å². The topological polar surface area (TPSA) is 157 Å². The molecule has 0 saturated carbocycles. The monoisotopic (exact) mass is 285 g/mol. The lowest BCUT2D eigenvalue weighted by Crippen LogP contribution is -2.52. The van der Waals surface area contributed by atoms with Crippen LogP contribution in [0, 0.1) is 5.21 Å². The molecule has 1 unspecified atom stereocenters. The Morgan fingerprint density at radius 1 is 1.60 bits per heavy atom. The van der Waals surface area contributed by atoms with Crippen LogP contribution < -0.4 is 21.3 Å². The number of hydroxylamine groups is 2. The maximum absolute atomic E-state index is 12.9. The molecule has 0 aromatic carbocycles. The Hall–Kier alpha value is -1.72. The van der Waals surface area contributed by atoms with Crippen LogP contribution in [0.5, 0.6) is 0 Å². The van der Waals surface area contributed by atoms with Crippen LogP contribution in [-0.2, 0) is 4.74 Å². The van der Waals surface area contributed by atoms with Crippen LogP contribution in [-0.4, -0.2) is 51.9 Å². The third-order valence-electron chi connectivity index (χ3n) is 3.62. The van der Waals surface area contributed by atoms with E-state index in [-0.39, 0.29) is 37.1 Å². The molecular formula is C10H15N5O5. The third-order valence-corrected chi connectivity index (χ3v) is 3.62. The van der Waals surface area contributed by atoms with Gasteiger partial charge in [-0.3, -0.25) is 14.4 Å². The zero-order valence-corrected chi connectivity index (χ0v) is 10.4. The first-order chi connectivity index (χ1) is 9.45. The van der Waals surface area contributed by atoms with Crippen molar-refractivity contribution in [3.63, 3.8) is 0 Å². The molecule has 1 aromatic heterocycles.